The van der Waals surface area contributed by atoms with Crippen molar-refractivity contribution in [3.05, 3.63) is 152 Å². The second-order valence-corrected chi connectivity index (χ2v) is 14.5. The van der Waals surface area contributed by atoms with Gasteiger partial charge in [0, 0.05) is 36.0 Å². The van der Waals surface area contributed by atoms with Gasteiger partial charge in [0.2, 0.25) is 0 Å². The number of benzene rings is 4. The molecule has 0 aromatic heterocycles. The third-order valence-corrected chi connectivity index (χ3v) is 9.79. The topological polar surface area (TPSA) is 40.3 Å². The van der Waals surface area contributed by atoms with Gasteiger partial charge < -0.3 is 37.9 Å². The molecule has 0 saturated carbocycles. The summed E-state index contributed by atoms with van der Waals surface area (Å²) in [7, 11) is 1.92. The van der Waals surface area contributed by atoms with Crippen molar-refractivity contribution in [3.8, 4) is 11.8 Å². The summed E-state index contributed by atoms with van der Waals surface area (Å²) in [5.41, 5.74) is 16.4. The molecule has 0 saturated heterocycles. The van der Waals surface area contributed by atoms with E-state index in [0.29, 0.717) is 0 Å². The fourth-order valence-corrected chi connectivity index (χ4v) is 6.44. The van der Waals surface area contributed by atoms with Crippen LogP contribution in [0.4, 0.5) is 22.7 Å². The van der Waals surface area contributed by atoms with Crippen LogP contribution in [0, 0.1) is 44.9 Å². The van der Waals surface area contributed by atoms with Crippen molar-refractivity contribution >= 4 is 28.4 Å². The van der Waals surface area contributed by atoms with Crippen LogP contribution in [0.5, 0.6) is 0 Å². The first-order valence-electron chi connectivity index (χ1n) is 20.8. The van der Waals surface area contributed by atoms with Gasteiger partial charge >= 0.3 is 21.1 Å². The van der Waals surface area contributed by atoms with E-state index in [2.05, 4.69) is 132 Å². The smallest absolute Gasteiger partial charge is 0.502 e. The number of hydrogen-bond donors (Lipinski definition) is 2. The summed E-state index contributed by atoms with van der Waals surface area (Å²) in [6.45, 7) is 20.1. The van der Waals surface area contributed by atoms with Crippen LogP contribution < -0.4 is 30.6 Å². The average Bonchev–Trinajstić information content (AvgIpc) is 3.96. The number of unbranched alkanes of at least 4 members (excludes halogenated alkanes) is 4. The minimum atomic E-state index is 0. The van der Waals surface area contributed by atoms with Gasteiger partial charge in [-0.05, 0) is 88.6 Å². The molecule has 3 aliphatic heterocycles. The number of rotatable bonds is 13. The van der Waals surface area contributed by atoms with Crippen molar-refractivity contribution < 1.29 is 21.1 Å². The number of fused-ring (bicyclic) bond motifs is 2. The minimum absolute atomic E-state index is 0. The van der Waals surface area contributed by atoms with Gasteiger partial charge in [0.05, 0.1) is 5.70 Å². The van der Waals surface area contributed by atoms with Crippen molar-refractivity contribution in [1.29, 1.82) is 0 Å². The zero-order valence-electron chi connectivity index (χ0n) is 35.5. The van der Waals surface area contributed by atoms with Crippen LogP contribution in [0.1, 0.15) is 101 Å². The number of anilines is 4. The SMILES string of the molecule is CCCCN1[CH-]N(CCCC)c2ccccc21.CCCCN1[CH-]N(CCCC)c2ccccc21.[C-]#Cc1ccc(C)cc1.[C-]#Cc1ccc(C2=CN(C)NN2)cc1.[Pt+4]. The molecule has 3 aliphatic rings. The molecule has 308 valence electrons. The molecular formula is C50H63N7Pt. The van der Waals surface area contributed by atoms with Crippen LogP contribution in [0.3, 0.4) is 0 Å². The van der Waals surface area contributed by atoms with Gasteiger partial charge in [0.1, 0.15) is 0 Å². The quantitative estimate of drug-likeness (QED) is 0.102. The predicted octanol–water partition coefficient (Wildman–Crippen LogP) is 10.9. The van der Waals surface area contributed by atoms with Crippen LogP contribution in [0.25, 0.3) is 5.70 Å². The molecule has 7 rings (SSSR count). The fourth-order valence-electron chi connectivity index (χ4n) is 6.44. The number of nitrogens with zero attached hydrogens (tertiary/aromatic N) is 5. The van der Waals surface area contributed by atoms with E-state index in [4.69, 9.17) is 12.8 Å². The van der Waals surface area contributed by atoms with Gasteiger partial charge in [-0.25, -0.2) is 0 Å². The van der Waals surface area contributed by atoms with Crippen LogP contribution in [-0.2, 0) is 21.1 Å². The number of para-hydroxylation sites is 4. The van der Waals surface area contributed by atoms with E-state index in [-0.39, 0.29) is 21.1 Å². The van der Waals surface area contributed by atoms with Crippen molar-refractivity contribution in [3.63, 3.8) is 0 Å². The van der Waals surface area contributed by atoms with Crippen molar-refractivity contribution in [2.45, 2.75) is 86.0 Å². The van der Waals surface area contributed by atoms with Gasteiger partial charge in [0.15, 0.2) is 0 Å². The first-order valence-corrected chi connectivity index (χ1v) is 20.8. The van der Waals surface area contributed by atoms with Crippen LogP contribution in [0.2, 0.25) is 0 Å². The molecule has 4 aromatic carbocycles. The standard InChI is InChI=1S/2C15H23N2.C11H10N3.C9H7.Pt/c2*1-3-5-11-16-13-17(12-6-4-2)15-10-8-7-9-14(15)16;1-3-9-4-6-10(7-5-9)11-8-14(2)13-12-11;1-3-9-6-4-8(2)5-7-9;/h2*7-10,13H,3-6,11-12H2,1-2H3;4-8,12-13H,2H3;4-7H,2H3;/q4*-1;+4. The molecule has 2 N–H and O–H groups in total. The first-order chi connectivity index (χ1) is 27.8. The molecule has 0 aliphatic carbocycles. The summed E-state index contributed by atoms with van der Waals surface area (Å²) in [5.74, 6) is 4.64. The molecule has 0 atom stereocenters. The molecule has 0 bridgehead atoms. The van der Waals surface area contributed by atoms with E-state index < -0.39 is 0 Å². The molecule has 3 heterocycles. The maximum Gasteiger partial charge on any atom is 4.00 e. The average molecular weight is 957 g/mol. The number of hydrogen-bond acceptors (Lipinski definition) is 7. The van der Waals surface area contributed by atoms with Gasteiger partial charge in [-0.2, -0.15) is 13.3 Å². The zero-order chi connectivity index (χ0) is 40.8. The Balaban J connectivity index is 0.000000210. The van der Waals surface area contributed by atoms with E-state index >= 15 is 0 Å². The van der Waals surface area contributed by atoms with Crippen LogP contribution >= 0.6 is 0 Å². The molecule has 8 heteroatoms. The predicted molar refractivity (Wildman–Crippen MR) is 243 cm³/mol. The van der Waals surface area contributed by atoms with Crippen molar-refractivity contribution in [2.24, 2.45) is 0 Å². The molecule has 4 aromatic rings. The second-order valence-electron chi connectivity index (χ2n) is 14.5. The van der Waals surface area contributed by atoms with Gasteiger partial charge in [-0.3, -0.25) is 16.8 Å². The van der Waals surface area contributed by atoms with E-state index in [1.54, 1.807) is 0 Å². The monoisotopic (exact) mass is 956 g/mol. The molecule has 0 radical (unpaired) electrons. The second kappa shape index (κ2) is 26.2. The fraction of sp³-hybridized carbons (Fsp3) is 0.360. The number of aryl methyl sites for hydroxylation is 1. The van der Waals surface area contributed by atoms with Crippen molar-refractivity contribution in [2.75, 3.05) is 52.8 Å². The van der Waals surface area contributed by atoms with Gasteiger partial charge in [0.25, 0.3) is 0 Å². The Morgan fingerprint density at radius 2 is 0.879 bits per heavy atom. The zero-order valence-corrected chi connectivity index (χ0v) is 37.8. The van der Waals surface area contributed by atoms with E-state index in [0.717, 1.165) is 48.6 Å². The third kappa shape index (κ3) is 14.5. The normalized spacial score (nSPS) is 13.2. The summed E-state index contributed by atoms with van der Waals surface area (Å²) in [5, 5.41) is 1.84. The largest absolute Gasteiger partial charge is 4.00 e. The Bertz CT molecular complexity index is 1740. The Morgan fingerprint density at radius 3 is 1.17 bits per heavy atom. The summed E-state index contributed by atoms with van der Waals surface area (Å²) in [6.07, 6.45) is 25.7. The maximum atomic E-state index is 6.95. The number of hydrazine groups is 2. The van der Waals surface area contributed by atoms with E-state index in [1.807, 2.05) is 73.7 Å². The summed E-state index contributed by atoms with van der Waals surface area (Å²) in [4.78, 5) is 9.59. The first kappa shape index (κ1) is 47.6. The summed E-state index contributed by atoms with van der Waals surface area (Å²) >= 11 is 0. The molecule has 0 unspecified atom stereocenters. The molecule has 58 heavy (non-hydrogen) atoms. The van der Waals surface area contributed by atoms with Crippen LogP contribution in [0.15, 0.2) is 103 Å². The van der Waals surface area contributed by atoms with Crippen molar-refractivity contribution in [1.82, 2.24) is 16.0 Å². The summed E-state index contributed by atoms with van der Waals surface area (Å²) < 4.78 is 0. The molecular weight excluding hydrogens is 894 g/mol. The van der Waals surface area contributed by atoms with E-state index in [1.165, 1.54) is 79.7 Å². The third-order valence-electron chi connectivity index (χ3n) is 9.79. The maximum absolute atomic E-state index is 6.95. The molecule has 0 fully saturated rings. The summed E-state index contributed by atoms with van der Waals surface area (Å²) in [6, 6.07) is 32.8. The minimum Gasteiger partial charge on any atom is -0.502 e. The van der Waals surface area contributed by atoms with Gasteiger partial charge in [-0.15, -0.1) is 40.9 Å². The Hall–Kier alpha value is -4.81. The Labute approximate surface area is 366 Å². The molecule has 7 nitrogen and oxygen atoms in total. The Morgan fingerprint density at radius 1 is 0.534 bits per heavy atom. The number of nitrogens with one attached hydrogen (secondary N) is 2. The van der Waals surface area contributed by atoms with Gasteiger partial charge in [-0.1, -0.05) is 107 Å². The van der Waals surface area contributed by atoms with Crippen LogP contribution in [-0.4, -0.2) is 38.2 Å². The Kier molecular flexibility index (Phi) is 21.5. The molecule has 0 spiro atoms. The van der Waals surface area contributed by atoms with E-state index in [9.17, 15) is 0 Å². The molecule has 0 amide bonds.